The number of aromatic nitrogens is 3. The monoisotopic (exact) mass is 717 g/mol. The van der Waals surface area contributed by atoms with E-state index in [-0.39, 0.29) is 54.6 Å². The second-order valence-electron chi connectivity index (χ2n) is 16.2. The van der Waals surface area contributed by atoms with Gasteiger partial charge in [-0.25, -0.2) is 23.1 Å². The molecule has 2 aromatic heterocycles. The number of halogens is 6. The SMILES string of the molecule is CC1(C)Cc2nc(C3CCN(c4ncc(N5CCCCC5)cn4)CC3)c([C@@H](F)C3=CCC(C(F)(F)F)C=C3)c(C3CCC(F)(F)CC3)c2[C@@H](O)C1. The Morgan fingerprint density at radius 3 is 2.16 bits per heavy atom. The van der Waals surface area contributed by atoms with Gasteiger partial charge in [0.2, 0.25) is 11.9 Å². The van der Waals surface area contributed by atoms with Gasteiger partial charge in [0.05, 0.1) is 35.8 Å². The molecule has 2 aliphatic heterocycles. The predicted molar refractivity (Wildman–Crippen MR) is 185 cm³/mol. The third kappa shape index (κ3) is 7.67. The Balaban J connectivity index is 1.25. The third-order valence-corrected chi connectivity index (χ3v) is 11.9. The Hall–Kier alpha value is -3.15. The molecule has 3 atom stereocenters. The van der Waals surface area contributed by atoms with Crippen molar-refractivity contribution in [1.82, 2.24) is 15.0 Å². The molecule has 2 saturated heterocycles. The topological polar surface area (TPSA) is 65.4 Å². The Morgan fingerprint density at radius 2 is 1.55 bits per heavy atom. The van der Waals surface area contributed by atoms with Crippen molar-refractivity contribution in [3.8, 4) is 0 Å². The highest BCUT2D eigenvalue weighted by atomic mass is 19.4. The smallest absolute Gasteiger partial charge is 0.388 e. The summed E-state index contributed by atoms with van der Waals surface area (Å²) in [4.78, 5) is 19.0. The van der Waals surface area contributed by atoms with Crippen molar-refractivity contribution in [1.29, 1.82) is 0 Å². The number of nitrogens with zero attached hydrogens (tertiary/aromatic N) is 5. The van der Waals surface area contributed by atoms with Crippen LogP contribution in [0.5, 0.6) is 0 Å². The largest absolute Gasteiger partial charge is 0.395 e. The lowest BCUT2D eigenvalue weighted by Crippen LogP contribution is -2.36. The Labute approximate surface area is 296 Å². The molecule has 0 spiro atoms. The van der Waals surface area contributed by atoms with E-state index in [1.54, 1.807) is 0 Å². The van der Waals surface area contributed by atoms with E-state index in [9.17, 15) is 27.1 Å². The van der Waals surface area contributed by atoms with E-state index in [4.69, 9.17) is 4.98 Å². The summed E-state index contributed by atoms with van der Waals surface area (Å²) in [7, 11) is 0. The standard InChI is InChI=1S/C39H49F6N5O/c1-37(2)20-29-32(30(51)21-37)31(24-10-14-38(41,42)15-11-24)33(34(40)25-6-8-27(9-7-25)39(43,44)45)35(48-29)26-12-18-50(19-13-26)36-46-22-28(23-47-36)49-16-4-3-5-17-49/h6-8,22-24,26-27,30,34,51H,3-5,9-21H2,1-2H3/t27?,30-,34-/m0/s1. The van der Waals surface area contributed by atoms with Gasteiger partial charge in [-0.15, -0.1) is 0 Å². The van der Waals surface area contributed by atoms with Crippen LogP contribution in [-0.4, -0.2) is 58.3 Å². The molecule has 1 N–H and O–H groups in total. The average molecular weight is 718 g/mol. The number of rotatable bonds is 6. The van der Waals surface area contributed by atoms with Gasteiger partial charge >= 0.3 is 6.18 Å². The maximum Gasteiger partial charge on any atom is 0.395 e. The molecule has 12 heteroatoms. The number of hydrogen-bond acceptors (Lipinski definition) is 6. The normalized spacial score (nSPS) is 26.5. The number of aliphatic hydroxyl groups is 1. The molecule has 4 heterocycles. The molecule has 3 aliphatic carbocycles. The Bertz CT molecular complexity index is 1620. The fraction of sp³-hybridized carbons (Fsp3) is 0.667. The van der Waals surface area contributed by atoms with E-state index >= 15 is 4.39 Å². The number of alkyl halides is 6. The molecule has 3 fully saturated rings. The number of anilines is 2. The molecular formula is C39H49F6N5O. The minimum atomic E-state index is -4.44. The molecule has 0 aromatic carbocycles. The van der Waals surface area contributed by atoms with E-state index in [1.807, 2.05) is 12.4 Å². The van der Waals surface area contributed by atoms with Gasteiger partial charge in [-0.3, -0.25) is 4.98 Å². The van der Waals surface area contributed by atoms with Gasteiger partial charge in [0.25, 0.3) is 0 Å². The summed E-state index contributed by atoms with van der Waals surface area (Å²) in [5.41, 5.74) is 3.44. The molecule has 1 unspecified atom stereocenters. The van der Waals surface area contributed by atoms with E-state index in [2.05, 4.69) is 33.6 Å². The van der Waals surface area contributed by atoms with E-state index in [0.29, 0.717) is 67.2 Å². The number of fused-ring (bicyclic) bond motifs is 1. The summed E-state index contributed by atoms with van der Waals surface area (Å²) in [5.74, 6) is -4.49. The molecule has 7 rings (SSSR count). The highest BCUT2D eigenvalue weighted by Crippen LogP contribution is 2.53. The Kier molecular flexibility index (Phi) is 9.95. The first-order chi connectivity index (χ1) is 24.2. The zero-order valence-electron chi connectivity index (χ0n) is 29.5. The van der Waals surface area contributed by atoms with Gasteiger partial charge in [-0.05, 0) is 86.7 Å². The summed E-state index contributed by atoms with van der Waals surface area (Å²) in [6.07, 6.45) is 5.03. The highest BCUT2D eigenvalue weighted by Gasteiger charge is 2.44. The van der Waals surface area contributed by atoms with Crippen LogP contribution in [0.15, 0.2) is 36.2 Å². The lowest BCUT2D eigenvalue weighted by atomic mass is 9.68. The molecule has 51 heavy (non-hydrogen) atoms. The van der Waals surface area contributed by atoms with Crippen molar-refractivity contribution in [3.05, 3.63) is 64.3 Å². The van der Waals surface area contributed by atoms with Crippen LogP contribution in [0.25, 0.3) is 0 Å². The van der Waals surface area contributed by atoms with E-state index < -0.39 is 36.2 Å². The van der Waals surface area contributed by atoms with Crippen molar-refractivity contribution in [2.24, 2.45) is 11.3 Å². The fourth-order valence-corrected chi connectivity index (χ4v) is 9.09. The molecule has 0 amide bonds. The zero-order valence-corrected chi connectivity index (χ0v) is 29.5. The number of hydrogen-bond donors (Lipinski definition) is 1. The molecule has 2 aromatic rings. The van der Waals surface area contributed by atoms with Gasteiger partial charge < -0.3 is 14.9 Å². The van der Waals surface area contributed by atoms with Crippen LogP contribution in [0.3, 0.4) is 0 Å². The number of allylic oxidation sites excluding steroid dienone is 4. The minimum Gasteiger partial charge on any atom is -0.388 e. The van der Waals surface area contributed by atoms with Crippen LogP contribution < -0.4 is 9.80 Å². The molecule has 0 radical (unpaired) electrons. The van der Waals surface area contributed by atoms with Crippen LogP contribution in [0, 0.1) is 11.3 Å². The predicted octanol–water partition coefficient (Wildman–Crippen LogP) is 9.62. The van der Waals surface area contributed by atoms with Crippen LogP contribution in [0.4, 0.5) is 38.0 Å². The number of aliphatic hydroxyl groups excluding tert-OH is 1. The first-order valence-electron chi connectivity index (χ1n) is 18.7. The fourth-order valence-electron chi connectivity index (χ4n) is 9.09. The molecule has 278 valence electrons. The second-order valence-corrected chi connectivity index (χ2v) is 16.2. The van der Waals surface area contributed by atoms with Crippen molar-refractivity contribution >= 4 is 11.6 Å². The summed E-state index contributed by atoms with van der Waals surface area (Å²) < 4.78 is 86.9. The van der Waals surface area contributed by atoms with Gasteiger partial charge in [-0.2, -0.15) is 13.2 Å². The highest BCUT2D eigenvalue weighted by molar-refractivity contribution is 5.52. The van der Waals surface area contributed by atoms with E-state index in [1.165, 1.54) is 18.6 Å². The van der Waals surface area contributed by atoms with Gasteiger partial charge in [-0.1, -0.05) is 32.1 Å². The molecule has 6 nitrogen and oxygen atoms in total. The lowest BCUT2D eigenvalue weighted by molar-refractivity contribution is -0.160. The maximum atomic E-state index is 17.3. The van der Waals surface area contributed by atoms with E-state index in [0.717, 1.165) is 37.7 Å². The summed E-state index contributed by atoms with van der Waals surface area (Å²) in [6.45, 7) is 7.29. The van der Waals surface area contributed by atoms with Crippen molar-refractivity contribution in [3.63, 3.8) is 0 Å². The van der Waals surface area contributed by atoms with Crippen LogP contribution in [-0.2, 0) is 6.42 Å². The zero-order chi connectivity index (χ0) is 36.1. The van der Waals surface area contributed by atoms with Gasteiger partial charge in [0, 0.05) is 61.8 Å². The van der Waals surface area contributed by atoms with Crippen molar-refractivity contribution in [2.75, 3.05) is 36.0 Å². The molecule has 1 saturated carbocycles. The van der Waals surface area contributed by atoms with Crippen molar-refractivity contribution in [2.45, 2.75) is 127 Å². The van der Waals surface area contributed by atoms with Crippen molar-refractivity contribution < 1.29 is 31.4 Å². The first kappa shape index (κ1) is 36.2. The molecule has 0 bridgehead atoms. The van der Waals surface area contributed by atoms with Gasteiger partial charge in [0.15, 0.2) is 6.17 Å². The second kappa shape index (κ2) is 14.0. The maximum absolute atomic E-state index is 17.3. The lowest BCUT2D eigenvalue weighted by Gasteiger charge is -2.41. The van der Waals surface area contributed by atoms with Gasteiger partial charge in [0.1, 0.15) is 0 Å². The summed E-state index contributed by atoms with van der Waals surface area (Å²) >= 11 is 0. The minimum absolute atomic E-state index is 0.117. The van der Waals surface area contributed by atoms with Crippen LogP contribution in [0.2, 0.25) is 0 Å². The van der Waals surface area contributed by atoms with Crippen LogP contribution >= 0.6 is 0 Å². The first-order valence-corrected chi connectivity index (χ1v) is 18.7. The van der Waals surface area contributed by atoms with Crippen LogP contribution in [0.1, 0.15) is 137 Å². The number of pyridine rings is 1. The molecular weight excluding hydrogens is 668 g/mol. The number of piperidine rings is 2. The summed E-state index contributed by atoms with van der Waals surface area (Å²) in [5, 5.41) is 11.6. The Morgan fingerprint density at radius 1 is 0.882 bits per heavy atom. The quantitative estimate of drug-likeness (QED) is 0.301. The molecule has 5 aliphatic rings. The average Bonchev–Trinajstić information content (AvgIpc) is 3.10. The third-order valence-electron chi connectivity index (χ3n) is 11.9. The summed E-state index contributed by atoms with van der Waals surface area (Å²) in [6, 6.07) is 0.